The van der Waals surface area contributed by atoms with Gasteiger partial charge in [0.05, 0.1) is 35.6 Å². The molecule has 0 fully saturated rings. The molecule has 0 saturated heterocycles. The standard InChI is InChI=1S/C26H32FN5O6S/c1-7-9-36-17-11-22(37-10-8-2)24(27)23(12-17)38-21-14-20-19(31(5)26(33)32(20)6)13-18(21)29-39(34,35)25-28-16(3)15-30(25)4/h11-15,29H,7-10H2,1-6H3. The van der Waals surface area contributed by atoms with Crippen LogP contribution in [-0.2, 0) is 31.2 Å². The van der Waals surface area contributed by atoms with Crippen LogP contribution in [0.2, 0.25) is 0 Å². The summed E-state index contributed by atoms with van der Waals surface area (Å²) in [4.78, 5) is 16.7. The van der Waals surface area contributed by atoms with Crippen LogP contribution in [0, 0.1) is 12.7 Å². The van der Waals surface area contributed by atoms with Gasteiger partial charge in [0, 0.05) is 45.5 Å². The van der Waals surface area contributed by atoms with Gasteiger partial charge in [-0.1, -0.05) is 13.8 Å². The lowest BCUT2D eigenvalue weighted by Gasteiger charge is -2.17. The van der Waals surface area contributed by atoms with Crippen molar-refractivity contribution < 1.29 is 27.0 Å². The molecular weight excluding hydrogens is 529 g/mol. The first-order valence-corrected chi connectivity index (χ1v) is 13.9. The Morgan fingerprint density at radius 2 is 1.54 bits per heavy atom. The highest BCUT2D eigenvalue weighted by Crippen LogP contribution is 2.40. The van der Waals surface area contributed by atoms with E-state index in [1.807, 2.05) is 13.8 Å². The van der Waals surface area contributed by atoms with E-state index in [9.17, 15) is 13.2 Å². The molecule has 2 heterocycles. The maximum atomic E-state index is 15.5. The van der Waals surface area contributed by atoms with E-state index in [0.717, 1.165) is 6.42 Å². The Kier molecular flexibility index (Phi) is 7.91. The maximum absolute atomic E-state index is 15.5. The molecule has 39 heavy (non-hydrogen) atoms. The maximum Gasteiger partial charge on any atom is 0.328 e. The normalized spacial score (nSPS) is 11.7. The molecule has 1 N–H and O–H groups in total. The minimum atomic E-state index is -4.19. The molecule has 0 spiro atoms. The topological polar surface area (TPSA) is 119 Å². The van der Waals surface area contributed by atoms with E-state index in [2.05, 4.69) is 9.71 Å². The molecule has 0 saturated carbocycles. The minimum Gasteiger partial charge on any atom is -0.493 e. The van der Waals surface area contributed by atoms with E-state index in [0.29, 0.717) is 35.5 Å². The molecule has 4 rings (SSSR count). The number of fused-ring (bicyclic) bond motifs is 1. The van der Waals surface area contributed by atoms with Gasteiger partial charge < -0.3 is 18.8 Å². The third kappa shape index (κ3) is 5.58. The van der Waals surface area contributed by atoms with Gasteiger partial charge in [0.15, 0.2) is 17.2 Å². The molecule has 0 radical (unpaired) electrons. The first-order valence-electron chi connectivity index (χ1n) is 12.5. The smallest absolute Gasteiger partial charge is 0.328 e. The summed E-state index contributed by atoms with van der Waals surface area (Å²) in [6.07, 6.45) is 2.97. The van der Waals surface area contributed by atoms with Gasteiger partial charge in [-0.25, -0.2) is 9.78 Å². The second-order valence-electron chi connectivity index (χ2n) is 9.15. The van der Waals surface area contributed by atoms with E-state index in [4.69, 9.17) is 14.2 Å². The van der Waals surface area contributed by atoms with Crippen LogP contribution >= 0.6 is 0 Å². The van der Waals surface area contributed by atoms with Crippen molar-refractivity contribution in [3.63, 3.8) is 0 Å². The zero-order chi connectivity index (χ0) is 28.5. The molecule has 2 aromatic carbocycles. The molecule has 13 heteroatoms. The highest BCUT2D eigenvalue weighted by Gasteiger charge is 2.25. The summed E-state index contributed by atoms with van der Waals surface area (Å²) in [5.41, 5.74) is 1.07. The highest BCUT2D eigenvalue weighted by molar-refractivity contribution is 7.92. The molecule has 0 atom stereocenters. The molecule has 0 aliphatic carbocycles. The van der Waals surface area contributed by atoms with Crippen molar-refractivity contribution in [1.29, 1.82) is 0 Å². The molecule has 4 aromatic rings. The highest BCUT2D eigenvalue weighted by atomic mass is 32.2. The Bertz CT molecular complexity index is 1690. The Morgan fingerprint density at radius 3 is 2.15 bits per heavy atom. The predicted octanol–water partition coefficient (Wildman–Crippen LogP) is 4.23. The van der Waals surface area contributed by atoms with E-state index < -0.39 is 15.8 Å². The zero-order valence-electron chi connectivity index (χ0n) is 22.7. The third-order valence-electron chi connectivity index (χ3n) is 5.95. The number of anilines is 1. The molecule has 11 nitrogen and oxygen atoms in total. The number of imidazole rings is 2. The SMILES string of the molecule is CCCOc1cc(OCCC)c(F)c(Oc2cc3c(cc2NS(=O)(=O)c2nc(C)cn2C)n(C)c(=O)n3C)c1. The van der Waals surface area contributed by atoms with Crippen LogP contribution in [0.4, 0.5) is 10.1 Å². The van der Waals surface area contributed by atoms with Gasteiger partial charge >= 0.3 is 5.69 Å². The summed E-state index contributed by atoms with van der Waals surface area (Å²) in [6.45, 7) is 6.18. The predicted molar refractivity (Wildman–Crippen MR) is 145 cm³/mol. The lowest BCUT2D eigenvalue weighted by molar-refractivity contribution is 0.284. The summed E-state index contributed by atoms with van der Waals surface area (Å²) < 4.78 is 66.0. The van der Waals surface area contributed by atoms with Crippen LogP contribution in [0.1, 0.15) is 32.4 Å². The molecule has 210 valence electrons. The molecule has 0 aliphatic rings. The number of nitrogens with one attached hydrogen (secondary N) is 1. The van der Waals surface area contributed by atoms with Crippen molar-refractivity contribution in [2.24, 2.45) is 21.1 Å². The van der Waals surface area contributed by atoms with Crippen molar-refractivity contribution in [3.05, 3.63) is 52.5 Å². The van der Waals surface area contributed by atoms with Crippen molar-refractivity contribution >= 4 is 26.7 Å². The number of aryl methyl sites for hydroxylation is 4. The Morgan fingerprint density at radius 1 is 0.923 bits per heavy atom. The van der Waals surface area contributed by atoms with Crippen molar-refractivity contribution in [1.82, 2.24) is 18.7 Å². The number of nitrogens with zero attached hydrogens (tertiary/aromatic N) is 4. The number of rotatable bonds is 11. The van der Waals surface area contributed by atoms with E-state index in [-0.39, 0.29) is 40.4 Å². The van der Waals surface area contributed by atoms with Gasteiger partial charge in [0.1, 0.15) is 5.75 Å². The largest absolute Gasteiger partial charge is 0.493 e. The second-order valence-corrected chi connectivity index (χ2v) is 10.7. The quantitative estimate of drug-likeness (QED) is 0.291. The second kappa shape index (κ2) is 11.0. The summed E-state index contributed by atoms with van der Waals surface area (Å²) in [7, 11) is 0.513. The lowest BCUT2D eigenvalue weighted by Crippen LogP contribution is -2.19. The van der Waals surface area contributed by atoms with Crippen molar-refractivity contribution in [2.75, 3.05) is 17.9 Å². The lowest BCUT2D eigenvalue weighted by atomic mass is 10.2. The third-order valence-corrected chi connectivity index (χ3v) is 7.29. The van der Waals surface area contributed by atoms with E-state index >= 15 is 4.39 Å². The first kappa shape index (κ1) is 28.0. The fourth-order valence-electron chi connectivity index (χ4n) is 4.09. The van der Waals surface area contributed by atoms with Crippen molar-refractivity contribution in [3.8, 4) is 23.0 Å². The summed E-state index contributed by atoms with van der Waals surface area (Å²) in [5.74, 6) is -0.769. The molecule has 0 unspecified atom stereocenters. The Labute approximate surface area is 225 Å². The van der Waals surface area contributed by atoms with Gasteiger partial charge in [0.25, 0.3) is 10.0 Å². The molecular formula is C26H32FN5O6S. The molecule has 0 aliphatic heterocycles. The fraction of sp³-hybridized carbons (Fsp3) is 0.385. The Balaban J connectivity index is 1.87. The van der Waals surface area contributed by atoms with Crippen molar-refractivity contribution in [2.45, 2.75) is 38.8 Å². The number of hydrogen-bond donors (Lipinski definition) is 1. The van der Waals surface area contributed by atoms with Gasteiger partial charge in [-0.3, -0.25) is 13.9 Å². The van der Waals surface area contributed by atoms with Crippen LogP contribution in [0.3, 0.4) is 0 Å². The number of aromatic nitrogens is 4. The number of halogens is 1. The van der Waals surface area contributed by atoms with E-state index in [1.165, 1.54) is 38.0 Å². The number of ether oxygens (including phenoxy) is 3. The van der Waals surface area contributed by atoms with Crippen LogP contribution < -0.4 is 24.6 Å². The Hall–Kier alpha value is -4.00. The average molecular weight is 562 g/mol. The minimum absolute atomic E-state index is 0.0142. The zero-order valence-corrected chi connectivity index (χ0v) is 23.6. The van der Waals surface area contributed by atoms with Crippen LogP contribution in [0.25, 0.3) is 11.0 Å². The number of benzene rings is 2. The number of sulfonamides is 1. The summed E-state index contributed by atoms with van der Waals surface area (Å²) in [5, 5.41) is -0.218. The van der Waals surface area contributed by atoms with Gasteiger partial charge in [-0.15, -0.1) is 0 Å². The van der Waals surface area contributed by atoms with Crippen LogP contribution in [0.15, 0.2) is 40.4 Å². The first-order chi connectivity index (χ1) is 18.5. The number of hydrogen-bond acceptors (Lipinski definition) is 7. The van der Waals surface area contributed by atoms with Crippen LogP contribution in [0.5, 0.6) is 23.0 Å². The van der Waals surface area contributed by atoms with Gasteiger partial charge in [-0.05, 0) is 25.8 Å². The summed E-state index contributed by atoms with van der Waals surface area (Å²) in [6, 6.07) is 5.76. The molecule has 0 bridgehead atoms. The monoisotopic (exact) mass is 561 g/mol. The van der Waals surface area contributed by atoms with Crippen LogP contribution in [-0.4, -0.2) is 40.3 Å². The molecule has 2 aromatic heterocycles. The van der Waals surface area contributed by atoms with Gasteiger partial charge in [0.2, 0.25) is 11.0 Å². The molecule has 0 amide bonds. The average Bonchev–Trinajstić information content (AvgIpc) is 3.34. The van der Waals surface area contributed by atoms with E-state index in [1.54, 1.807) is 34.3 Å². The summed E-state index contributed by atoms with van der Waals surface area (Å²) >= 11 is 0. The van der Waals surface area contributed by atoms with Gasteiger partial charge in [-0.2, -0.15) is 12.8 Å². The fourth-order valence-corrected chi connectivity index (χ4v) is 5.32.